The number of H-pyrrole nitrogens is 1. The lowest BCUT2D eigenvalue weighted by atomic mass is 10.2. The highest BCUT2D eigenvalue weighted by molar-refractivity contribution is 9.10. The molecular formula is C12H15BrN4O. The lowest BCUT2D eigenvalue weighted by molar-refractivity contribution is 0.0744. The molecule has 18 heavy (non-hydrogen) atoms. The van der Waals surface area contributed by atoms with Gasteiger partial charge in [0.1, 0.15) is 0 Å². The van der Waals surface area contributed by atoms with Crippen molar-refractivity contribution in [1.82, 2.24) is 15.1 Å². The van der Waals surface area contributed by atoms with Gasteiger partial charge in [0.15, 0.2) is 5.69 Å². The number of amides is 1. The van der Waals surface area contributed by atoms with Crippen LogP contribution in [0.1, 0.15) is 17.4 Å². The molecule has 1 aromatic carbocycles. The quantitative estimate of drug-likeness (QED) is 0.907. The molecule has 0 spiro atoms. The Kier molecular flexibility index (Phi) is 3.68. The Morgan fingerprint density at radius 3 is 3.00 bits per heavy atom. The van der Waals surface area contributed by atoms with Crippen molar-refractivity contribution in [3.05, 3.63) is 28.4 Å². The summed E-state index contributed by atoms with van der Waals surface area (Å²) in [5, 5.41) is 7.77. The van der Waals surface area contributed by atoms with Gasteiger partial charge in [-0.15, -0.1) is 0 Å². The Balaban J connectivity index is 2.42. The van der Waals surface area contributed by atoms with Crippen LogP contribution in [0.5, 0.6) is 0 Å². The Labute approximate surface area is 113 Å². The minimum absolute atomic E-state index is 0.0172. The van der Waals surface area contributed by atoms with E-state index in [0.717, 1.165) is 15.4 Å². The van der Waals surface area contributed by atoms with E-state index in [0.29, 0.717) is 12.2 Å². The van der Waals surface area contributed by atoms with Crippen molar-refractivity contribution >= 4 is 32.7 Å². The molecule has 0 fully saturated rings. The van der Waals surface area contributed by atoms with Gasteiger partial charge in [0.2, 0.25) is 0 Å². The van der Waals surface area contributed by atoms with Gasteiger partial charge in [-0.2, -0.15) is 5.10 Å². The molecule has 1 amide bonds. The van der Waals surface area contributed by atoms with Crippen LogP contribution < -0.4 is 5.73 Å². The van der Waals surface area contributed by atoms with E-state index in [4.69, 9.17) is 5.73 Å². The molecule has 2 aromatic rings. The molecule has 0 saturated carbocycles. The topological polar surface area (TPSA) is 75.0 Å². The zero-order valence-electron chi connectivity index (χ0n) is 10.3. The number of nitrogens with one attached hydrogen (secondary N) is 1. The molecule has 2 rings (SSSR count). The molecule has 1 atom stereocenters. The van der Waals surface area contributed by atoms with Gasteiger partial charge in [0.25, 0.3) is 5.91 Å². The van der Waals surface area contributed by atoms with Gasteiger partial charge in [0.05, 0.1) is 5.52 Å². The number of halogens is 1. The number of benzene rings is 1. The normalized spacial score (nSPS) is 12.7. The maximum atomic E-state index is 12.3. The summed E-state index contributed by atoms with van der Waals surface area (Å²) in [6, 6.07) is 5.65. The van der Waals surface area contributed by atoms with Gasteiger partial charge < -0.3 is 10.6 Å². The number of aromatic amines is 1. The first-order chi connectivity index (χ1) is 8.54. The van der Waals surface area contributed by atoms with Gasteiger partial charge in [0, 0.05) is 29.5 Å². The highest BCUT2D eigenvalue weighted by Crippen LogP contribution is 2.22. The standard InChI is InChI=1S/C12H15BrN4O/c1-7(6-14)17(2)12(18)11-9-5-8(13)3-4-10(9)15-16-11/h3-5,7H,6,14H2,1-2H3,(H,15,16). The maximum absolute atomic E-state index is 12.3. The van der Waals surface area contributed by atoms with Gasteiger partial charge in [-0.3, -0.25) is 9.89 Å². The number of hydrogen-bond donors (Lipinski definition) is 2. The van der Waals surface area contributed by atoms with Crippen LogP contribution >= 0.6 is 15.9 Å². The van der Waals surface area contributed by atoms with Crippen LogP contribution in [0.2, 0.25) is 0 Å². The number of nitrogens with two attached hydrogens (primary N) is 1. The van der Waals surface area contributed by atoms with Crippen molar-refractivity contribution in [2.45, 2.75) is 13.0 Å². The number of fused-ring (bicyclic) bond motifs is 1. The molecule has 0 radical (unpaired) electrons. The average molecular weight is 311 g/mol. The van der Waals surface area contributed by atoms with E-state index in [1.807, 2.05) is 25.1 Å². The van der Waals surface area contributed by atoms with Gasteiger partial charge in [-0.05, 0) is 25.1 Å². The van der Waals surface area contributed by atoms with Crippen molar-refractivity contribution in [3.63, 3.8) is 0 Å². The van der Waals surface area contributed by atoms with Crippen LogP contribution in [0.25, 0.3) is 10.9 Å². The van der Waals surface area contributed by atoms with Crippen LogP contribution in [0.4, 0.5) is 0 Å². The van der Waals surface area contributed by atoms with E-state index >= 15 is 0 Å². The Bertz CT molecular complexity index is 580. The van der Waals surface area contributed by atoms with E-state index in [-0.39, 0.29) is 11.9 Å². The fourth-order valence-electron chi connectivity index (χ4n) is 1.67. The largest absolute Gasteiger partial charge is 0.336 e. The van der Waals surface area contributed by atoms with Crippen molar-refractivity contribution in [1.29, 1.82) is 0 Å². The van der Waals surface area contributed by atoms with Crippen molar-refractivity contribution in [3.8, 4) is 0 Å². The van der Waals surface area contributed by atoms with E-state index in [1.165, 1.54) is 0 Å². The number of rotatable bonds is 3. The first-order valence-electron chi connectivity index (χ1n) is 5.65. The Morgan fingerprint density at radius 2 is 2.33 bits per heavy atom. The third-order valence-corrected chi connectivity index (χ3v) is 3.54. The minimum atomic E-state index is -0.127. The molecule has 0 aliphatic heterocycles. The zero-order valence-corrected chi connectivity index (χ0v) is 11.9. The van der Waals surface area contributed by atoms with Crippen LogP contribution in [0.15, 0.2) is 22.7 Å². The summed E-state index contributed by atoms with van der Waals surface area (Å²) in [6.45, 7) is 2.33. The van der Waals surface area contributed by atoms with E-state index in [9.17, 15) is 4.79 Å². The van der Waals surface area contributed by atoms with Crippen molar-refractivity contribution in [2.75, 3.05) is 13.6 Å². The molecule has 0 saturated heterocycles. The third kappa shape index (κ3) is 2.26. The summed E-state index contributed by atoms with van der Waals surface area (Å²) >= 11 is 3.39. The monoisotopic (exact) mass is 310 g/mol. The Hall–Kier alpha value is -1.40. The summed E-state index contributed by atoms with van der Waals surface area (Å²) in [6.07, 6.45) is 0. The highest BCUT2D eigenvalue weighted by Gasteiger charge is 2.21. The first kappa shape index (κ1) is 13.0. The summed E-state index contributed by atoms with van der Waals surface area (Å²) in [5.41, 5.74) is 6.84. The molecule has 1 aromatic heterocycles. The molecule has 5 nitrogen and oxygen atoms in total. The fourth-order valence-corrected chi connectivity index (χ4v) is 2.04. The van der Waals surface area contributed by atoms with Crippen LogP contribution in [0, 0.1) is 0 Å². The number of carbonyl (C=O) groups excluding carboxylic acids is 1. The second-order valence-corrected chi connectivity index (χ2v) is 5.18. The summed E-state index contributed by atoms with van der Waals surface area (Å²) < 4.78 is 0.917. The smallest absolute Gasteiger partial charge is 0.275 e. The van der Waals surface area contributed by atoms with E-state index in [1.54, 1.807) is 11.9 Å². The second-order valence-electron chi connectivity index (χ2n) is 4.26. The maximum Gasteiger partial charge on any atom is 0.275 e. The van der Waals surface area contributed by atoms with Crippen molar-refractivity contribution in [2.24, 2.45) is 5.73 Å². The van der Waals surface area contributed by atoms with Crippen LogP contribution in [0.3, 0.4) is 0 Å². The molecule has 6 heteroatoms. The molecule has 1 heterocycles. The van der Waals surface area contributed by atoms with Crippen molar-refractivity contribution < 1.29 is 4.79 Å². The van der Waals surface area contributed by atoms with Gasteiger partial charge in [-0.1, -0.05) is 15.9 Å². The first-order valence-corrected chi connectivity index (χ1v) is 6.44. The molecule has 1 unspecified atom stereocenters. The predicted octanol–water partition coefficient (Wildman–Crippen LogP) is 1.74. The lowest BCUT2D eigenvalue weighted by Crippen LogP contribution is -2.39. The molecule has 3 N–H and O–H groups in total. The molecule has 0 bridgehead atoms. The minimum Gasteiger partial charge on any atom is -0.336 e. The summed E-state index contributed by atoms with van der Waals surface area (Å²) in [7, 11) is 1.73. The van der Waals surface area contributed by atoms with E-state index < -0.39 is 0 Å². The highest BCUT2D eigenvalue weighted by atomic mass is 79.9. The van der Waals surface area contributed by atoms with Gasteiger partial charge >= 0.3 is 0 Å². The number of likely N-dealkylation sites (N-methyl/N-ethyl adjacent to an activating group) is 1. The summed E-state index contributed by atoms with van der Waals surface area (Å²) in [5.74, 6) is -0.127. The Morgan fingerprint density at radius 1 is 1.61 bits per heavy atom. The number of carbonyl (C=O) groups is 1. The predicted molar refractivity (Wildman–Crippen MR) is 74.4 cm³/mol. The molecule has 0 aliphatic rings. The number of nitrogens with zero attached hydrogens (tertiary/aromatic N) is 2. The summed E-state index contributed by atoms with van der Waals surface area (Å²) in [4.78, 5) is 13.9. The third-order valence-electron chi connectivity index (χ3n) is 3.05. The average Bonchev–Trinajstić information content (AvgIpc) is 2.78. The van der Waals surface area contributed by atoms with Crippen LogP contribution in [-0.4, -0.2) is 40.6 Å². The molecule has 96 valence electrons. The molecular weight excluding hydrogens is 296 g/mol. The van der Waals surface area contributed by atoms with Crippen LogP contribution in [-0.2, 0) is 0 Å². The fraction of sp³-hybridized carbons (Fsp3) is 0.333. The SMILES string of the molecule is CC(CN)N(C)C(=O)c1n[nH]c2ccc(Br)cc12. The van der Waals surface area contributed by atoms with Gasteiger partial charge in [-0.25, -0.2) is 0 Å². The zero-order chi connectivity index (χ0) is 13.3. The molecule has 0 aliphatic carbocycles. The number of hydrogen-bond acceptors (Lipinski definition) is 3. The second kappa shape index (κ2) is 5.07. The number of aromatic nitrogens is 2. The lowest BCUT2D eigenvalue weighted by Gasteiger charge is -2.22. The van der Waals surface area contributed by atoms with E-state index in [2.05, 4.69) is 26.1 Å².